The molecule has 0 bridgehead atoms. The number of benzene rings is 1. The normalized spacial score (nSPS) is 8.34. The van der Waals surface area contributed by atoms with Crippen LogP contribution in [0.5, 0.6) is 5.88 Å². The molecule has 0 aliphatic heterocycles. The number of hydrogen-bond acceptors (Lipinski definition) is 5. The van der Waals surface area contributed by atoms with E-state index in [-0.39, 0.29) is 0 Å². The summed E-state index contributed by atoms with van der Waals surface area (Å²) in [5, 5.41) is 8.31. The first-order chi connectivity index (χ1) is 14.3. The second kappa shape index (κ2) is 19.2. The Morgan fingerprint density at radius 2 is 1.59 bits per heavy atom. The van der Waals surface area contributed by atoms with E-state index in [0.29, 0.717) is 11.7 Å². The van der Waals surface area contributed by atoms with Crippen LogP contribution in [0.1, 0.15) is 25.5 Å². The van der Waals surface area contributed by atoms with E-state index in [1.165, 1.54) is 17.2 Å². The molecule has 1 aromatic carbocycles. The van der Waals surface area contributed by atoms with Crippen molar-refractivity contribution in [3.05, 3.63) is 56.1 Å². The van der Waals surface area contributed by atoms with Crippen molar-refractivity contribution in [1.29, 1.82) is 0 Å². The predicted octanol–water partition coefficient (Wildman–Crippen LogP) is 3.29. The third-order valence-corrected chi connectivity index (χ3v) is 3.26. The Bertz CT molecular complexity index is 884. The summed E-state index contributed by atoms with van der Waals surface area (Å²) in [5.74, 6) is 1.01. The molecule has 2 aromatic heterocycles. The van der Waals surface area contributed by atoms with Crippen molar-refractivity contribution < 1.29 is 35.9 Å². The van der Waals surface area contributed by atoms with Gasteiger partial charge in [0.25, 0.3) is 5.88 Å². The Morgan fingerprint density at radius 1 is 1.03 bits per heavy atom. The second-order valence-corrected chi connectivity index (χ2v) is 4.80. The van der Waals surface area contributed by atoms with Gasteiger partial charge in [0, 0.05) is 0 Å². The summed E-state index contributed by atoms with van der Waals surface area (Å²) in [6.45, 7) is 15.7. The molecule has 0 saturated heterocycles. The topological polar surface area (TPSA) is 125 Å². The average Bonchev–Trinajstić information content (AvgIpc) is 3.31. The minimum absolute atomic E-state index is 0.445. The molecule has 0 N–H and O–H groups in total. The summed E-state index contributed by atoms with van der Waals surface area (Å²) < 4.78 is 29.5. The Hall–Kier alpha value is -2.14. The molecule has 9 nitrogen and oxygen atoms in total. The maximum absolute atomic E-state index is 7.50. The molecular weight excluding hydrogens is 616 g/mol. The zero-order chi connectivity index (χ0) is 22.7. The van der Waals surface area contributed by atoms with Gasteiger partial charge in [-0.15, -0.1) is 5.10 Å². The maximum atomic E-state index is 7.50. The molecule has 0 aliphatic carbocycles. The number of aryl methyl sites for hydroxylation is 1. The molecule has 0 spiro atoms. The van der Waals surface area contributed by atoms with Crippen molar-refractivity contribution >= 4 is 24.5 Å². The van der Waals surface area contributed by atoms with Crippen molar-refractivity contribution in [1.82, 2.24) is 25.0 Å². The number of nitrogens with zero attached hydrogens (tertiary/aromatic N) is 5. The van der Waals surface area contributed by atoms with Gasteiger partial charge in [0.1, 0.15) is 0 Å². The van der Waals surface area contributed by atoms with Crippen LogP contribution in [-0.2, 0) is 37.6 Å². The Labute approximate surface area is 186 Å². The van der Waals surface area contributed by atoms with Crippen LogP contribution in [0.3, 0.4) is 0 Å². The first-order valence-electron chi connectivity index (χ1n) is 7.79. The third kappa shape index (κ3) is 9.27. The fourth-order valence-electron chi connectivity index (χ4n) is 2.14. The number of ether oxygens (including phenoxy) is 1. The van der Waals surface area contributed by atoms with Gasteiger partial charge in [-0.2, -0.15) is 4.68 Å². The summed E-state index contributed by atoms with van der Waals surface area (Å²) in [5.41, 5.74) is 2.55. The SMILES string of the molecule is CCCCc1cn(-c2nc3ccccc3nc2OC)nn1.[Br][Re].[C-]#[O+].[C-]#[O+].[C-]#[O+]. The number of unbranched alkanes of at least 4 members (excludes halogenated alkanes) is 1. The summed E-state index contributed by atoms with van der Waals surface area (Å²) in [4.78, 5) is 9.05. The number of halogens is 1. The Kier molecular flexibility index (Phi) is 19.2. The van der Waals surface area contributed by atoms with Crippen LogP contribution in [0, 0.1) is 20.0 Å². The number of rotatable bonds is 5. The molecule has 0 aliphatic rings. The summed E-state index contributed by atoms with van der Waals surface area (Å²) >= 11 is 4.53. The number of methoxy groups -OCH3 is 1. The third-order valence-electron chi connectivity index (χ3n) is 3.26. The van der Waals surface area contributed by atoms with E-state index in [9.17, 15) is 0 Å². The van der Waals surface area contributed by atoms with E-state index >= 15 is 0 Å². The van der Waals surface area contributed by atoms with E-state index in [1.807, 2.05) is 30.5 Å². The average molecular weight is 633 g/mol. The van der Waals surface area contributed by atoms with Crippen molar-refractivity contribution in [2.75, 3.05) is 7.11 Å². The fraction of sp³-hybridized carbons (Fsp3) is 0.278. The van der Waals surface area contributed by atoms with E-state index in [2.05, 4.69) is 60.6 Å². The molecule has 0 saturated carbocycles. The number of hydrogen-bond donors (Lipinski definition) is 0. The molecule has 3 rings (SSSR count). The molecule has 0 unspecified atom stereocenters. The molecule has 152 valence electrons. The first-order valence-corrected chi connectivity index (χ1v) is 13.7. The summed E-state index contributed by atoms with van der Waals surface area (Å²) in [7, 11) is 1.58. The van der Waals surface area contributed by atoms with Crippen LogP contribution in [-0.4, -0.2) is 32.1 Å². The van der Waals surface area contributed by atoms with Crippen LogP contribution in [0.4, 0.5) is 0 Å². The fourth-order valence-corrected chi connectivity index (χ4v) is 2.14. The van der Waals surface area contributed by atoms with E-state index in [1.54, 1.807) is 11.8 Å². The first kappa shape index (κ1) is 29.1. The molecular formula is C18H17BrN5O4Re. The van der Waals surface area contributed by atoms with Crippen LogP contribution in [0.25, 0.3) is 16.9 Å². The second-order valence-electron chi connectivity index (χ2n) is 4.80. The van der Waals surface area contributed by atoms with Crippen LogP contribution in [0.2, 0.25) is 0 Å². The molecule has 0 amide bonds. The Morgan fingerprint density at radius 3 is 2.10 bits per heavy atom. The van der Waals surface area contributed by atoms with Crippen LogP contribution < -0.4 is 4.74 Å². The number of aromatic nitrogens is 5. The molecule has 0 fully saturated rings. The van der Waals surface area contributed by atoms with Gasteiger partial charge >= 0.3 is 64.5 Å². The van der Waals surface area contributed by atoms with Gasteiger partial charge in [0.05, 0.1) is 30.0 Å². The summed E-state index contributed by atoms with van der Waals surface area (Å²) in [6, 6.07) is 7.68. The molecule has 11 heteroatoms. The van der Waals surface area contributed by atoms with Gasteiger partial charge in [0.15, 0.2) is 0 Å². The van der Waals surface area contributed by atoms with E-state index < -0.39 is 0 Å². The van der Waals surface area contributed by atoms with E-state index in [0.717, 1.165) is 36.0 Å². The number of fused-ring (bicyclic) bond motifs is 1. The van der Waals surface area contributed by atoms with Gasteiger partial charge in [-0.05, 0) is 25.0 Å². The molecule has 3 aromatic rings. The van der Waals surface area contributed by atoms with Gasteiger partial charge in [-0.3, -0.25) is 0 Å². The molecule has 0 radical (unpaired) electrons. The summed E-state index contributed by atoms with van der Waals surface area (Å²) in [6.07, 6.45) is 5.03. The predicted molar refractivity (Wildman–Crippen MR) is 100 cm³/mol. The Balaban J connectivity index is 0. The molecule has 29 heavy (non-hydrogen) atoms. The van der Waals surface area contributed by atoms with Crippen molar-refractivity contribution in [3.8, 4) is 11.7 Å². The van der Waals surface area contributed by atoms with Gasteiger partial charge < -0.3 is 4.74 Å². The van der Waals surface area contributed by atoms with Gasteiger partial charge in [-0.1, -0.05) is 30.7 Å². The van der Waals surface area contributed by atoms with E-state index in [4.69, 9.17) is 18.7 Å². The van der Waals surface area contributed by atoms with Gasteiger partial charge in [0.2, 0.25) is 5.82 Å². The van der Waals surface area contributed by atoms with Crippen molar-refractivity contribution in [2.24, 2.45) is 0 Å². The van der Waals surface area contributed by atoms with Gasteiger partial charge in [-0.25, -0.2) is 9.97 Å². The number of para-hydroxylation sites is 2. The molecule has 2 heterocycles. The van der Waals surface area contributed by atoms with Crippen molar-refractivity contribution in [2.45, 2.75) is 26.2 Å². The quantitative estimate of drug-likeness (QED) is 0.315. The van der Waals surface area contributed by atoms with Crippen LogP contribution in [0.15, 0.2) is 30.5 Å². The zero-order valence-electron chi connectivity index (χ0n) is 15.6. The monoisotopic (exact) mass is 633 g/mol. The van der Waals surface area contributed by atoms with Crippen LogP contribution >= 0.6 is 13.4 Å². The standard InChI is InChI=1S/C15H17N5O.3CO.BrH.Re/c1-3-4-7-11-10-20(19-18-11)14-15(21-2)17-13-9-6-5-8-12(13)16-14;3*1-2;;/h5-6,8-10H,3-4,7H2,1-2H3;;;;1H;/q;;;;;+1/p-1. The molecule has 0 atom stereocenters. The zero-order valence-corrected chi connectivity index (χ0v) is 19.9. The minimum atomic E-state index is 0.445. The van der Waals surface area contributed by atoms with Crippen molar-refractivity contribution in [3.63, 3.8) is 0 Å².